The minimum absolute atomic E-state index is 0.151. The zero-order valence-electron chi connectivity index (χ0n) is 15.8. The lowest BCUT2D eigenvalue weighted by molar-refractivity contribution is -0.143. The van der Waals surface area contributed by atoms with E-state index in [2.05, 4.69) is 19.6 Å². The molecule has 0 radical (unpaired) electrons. The van der Waals surface area contributed by atoms with Crippen LogP contribution in [0.3, 0.4) is 0 Å². The van der Waals surface area contributed by atoms with E-state index in [0.717, 1.165) is 11.3 Å². The lowest BCUT2D eigenvalue weighted by Gasteiger charge is -2.37. The largest absolute Gasteiger partial charge is 0.508 e. The lowest BCUT2D eigenvalue weighted by Crippen LogP contribution is -2.40. The SMILES string of the molecule is CCOC(=O)CC(c1ccc(O)cc1)N(O[Si](C)(C)C)c1ccccc1. The fraction of sp³-hybridized carbons (Fsp3) is 0.350. The van der Waals surface area contributed by atoms with E-state index in [1.165, 1.54) is 0 Å². The first-order valence-electron chi connectivity index (χ1n) is 8.78. The van der Waals surface area contributed by atoms with E-state index in [-0.39, 0.29) is 24.2 Å². The Bertz CT molecular complexity index is 698. The zero-order valence-corrected chi connectivity index (χ0v) is 16.8. The molecule has 140 valence electrons. The minimum Gasteiger partial charge on any atom is -0.508 e. The predicted octanol–water partition coefficient (Wildman–Crippen LogP) is 4.66. The van der Waals surface area contributed by atoms with E-state index in [9.17, 15) is 9.90 Å². The summed E-state index contributed by atoms with van der Waals surface area (Å²) in [5, 5.41) is 11.4. The highest BCUT2D eigenvalue weighted by atomic mass is 28.4. The average molecular weight is 374 g/mol. The number of ether oxygens (including phenoxy) is 1. The van der Waals surface area contributed by atoms with Crippen molar-refractivity contribution in [2.75, 3.05) is 11.7 Å². The molecular formula is C20H27NO4Si. The first-order chi connectivity index (χ1) is 12.3. The van der Waals surface area contributed by atoms with Crippen LogP contribution in [0.1, 0.15) is 24.9 Å². The summed E-state index contributed by atoms with van der Waals surface area (Å²) >= 11 is 0. The molecule has 0 saturated heterocycles. The first-order valence-corrected chi connectivity index (χ1v) is 12.2. The number of phenolic OH excluding ortho intramolecular Hbond substituents is 1. The van der Waals surface area contributed by atoms with Gasteiger partial charge in [-0.25, -0.2) is 0 Å². The second kappa shape index (κ2) is 8.87. The van der Waals surface area contributed by atoms with Crippen LogP contribution in [0, 0.1) is 0 Å². The molecule has 5 nitrogen and oxygen atoms in total. The summed E-state index contributed by atoms with van der Waals surface area (Å²) < 4.78 is 11.5. The molecule has 1 atom stereocenters. The van der Waals surface area contributed by atoms with Crippen molar-refractivity contribution in [2.45, 2.75) is 39.0 Å². The van der Waals surface area contributed by atoms with Gasteiger partial charge < -0.3 is 14.4 Å². The number of benzene rings is 2. The summed E-state index contributed by atoms with van der Waals surface area (Å²) in [4.78, 5) is 12.3. The number of para-hydroxylation sites is 1. The quantitative estimate of drug-likeness (QED) is 0.414. The summed E-state index contributed by atoms with van der Waals surface area (Å²) in [6, 6.07) is 16.2. The van der Waals surface area contributed by atoms with Crippen molar-refractivity contribution in [2.24, 2.45) is 0 Å². The fourth-order valence-corrected chi connectivity index (χ4v) is 3.40. The predicted molar refractivity (Wildman–Crippen MR) is 105 cm³/mol. The van der Waals surface area contributed by atoms with Gasteiger partial charge in [-0.1, -0.05) is 30.3 Å². The molecule has 2 rings (SSSR count). The van der Waals surface area contributed by atoms with Gasteiger partial charge in [-0.3, -0.25) is 9.86 Å². The number of anilines is 1. The molecule has 0 heterocycles. The monoisotopic (exact) mass is 373 g/mol. The summed E-state index contributed by atoms with van der Waals surface area (Å²) in [6.45, 7) is 8.42. The molecule has 0 aliphatic heterocycles. The minimum atomic E-state index is -1.95. The van der Waals surface area contributed by atoms with E-state index in [1.54, 1.807) is 19.1 Å². The Morgan fingerprint density at radius 3 is 2.23 bits per heavy atom. The molecule has 0 amide bonds. The van der Waals surface area contributed by atoms with Crippen molar-refractivity contribution in [3.8, 4) is 5.75 Å². The maximum atomic E-state index is 12.3. The third kappa shape index (κ3) is 5.89. The van der Waals surface area contributed by atoms with Crippen molar-refractivity contribution >= 4 is 20.0 Å². The van der Waals surface area contributed by atoms with Crippen molar-refractivity contribution < 1.29 is 19.2 Å². The molecule has 0 aromatic heterocycles. The van der Waals surface area contributed by atoms with E-state index < -0.39 is 8.32 Å². The molecule has 2 aromatic carbocycles. The van der Waals surface area contributed by atoms with E-state index >= 15 is 0 Å². The van der Waals surface area contributed by atoms with Crippen LogP contribution in [0.4, 0.5) is 5.69 Å². The van der Waals surface area contributed by atoms with Gasteiger partial charge in [0.05, 0.1) is 24.8 Å². The van der Waals surface area contributed by atoms with Crippen LogP contribution in [-0.2, 0) is 14.1 Å². The molecule has 1 N–H and O–H groups in total. The Labute approximate surface area is 156 Å². The number of nitrogens with zero attached hydrogens (tertiary/aromatic N) is 1. The Morgan fingerprint density at radius 1 is 1.08 bits per heavy atom. The molecule has 2 aromatic rings. The number of rotatable bonds is 8. The average Bonchev–Trinajstić information content (AvgIpc) is 2.59. The number of esters is 1. The van der Waals surface area contributed by atoms with Crippen LogP contribution in [0.2, 0.25) is 19.6 Å². The third-order valence-corrected chi connectivity index (χ3v) is 4.35. The van der Waals surface area contributed by atoms with Gasteiger partial charge >= 0.3 is 5.97 Å². The van der Waals surface area contributed by atoms with Gasteiger partial charge in [0.2, 0.25) is 8.32 Å². The Morgan fingerprint density at radius 2 is 1.69 bits per heavy atom. The van der Waals surface area contributed by atoms with E-state index in [1.807, 2.05) is 47.5 Å². The number of phenols is 1. The number of aromatic hydroxyl groups is 1. The Balaban J connectivity index is 2.45. The lowest BCUT2D eigenvalue weighted by atomic mass is 10.0. The maximum Gasteiger partial charge on any atom is 0.308 e. The Hall–Kier alpha value is -2.31. The second-order valence-corrected chi connectivity index (χ2v) is 11.4. The molecule has 0 saturated carbocycles. The third-order valence-electron chi connectivity index (χ3n) is 3.61. The van der Waals surface area contributed by atoms with Crippen molar-refractivity contribution in [3.05, 3.63) is 60.2 Å². The van der Waals surface area contributed by atoms with Crippen LogP contribution < -0.4 is 5.06 Å². The standard InChI is InChI=1S/C20H27NO4Si/c1-5-24-20(23)15-19(16-11-13-18(22)14-12-16)21(25-26(2,3)4)17-9-7-6-8-10-17/h6-14,19,22H,5,15H2,1-4H3. The van der Waals surface area contributed by atoms with Gasteiger partial charge in [0.25, 0.3) is 0 Å². The van der Waals surface area contributed by atoms with Gasteiger partial charge in [-0.15, -0.1) is 0 Å². The number of hydroxylamine groups is 1. The fourth-order valence-electron chi connectivity index (χ4n) is 2.58. The van der Waals surface area contributed by atoms with Crippen LogP contribution in [-0.4, -0.2) is 26.0 Å². The second-order valence-electron chi connectivity index (χ2n) is 6.98. The molecule has 26 heavy (non-hydrogen) atoms. The maximum absolute atomic E-state index is 12.3. The van der Waals surface area contributed by atoms with Crippen molar-refractivity contribution in [1.29, 1.82) is 0 Å². The molecule has 0 bridgehead atoms. The molecule has 0 spiro atoms. The van der Waals surface area contributed by atoms with Crippen LogP contribution in [0.15, 0.2) is 54.6 Å². The highest BCUT2D eigenvalue weighted by molar-refractivity contribution is 6.69. The highest BCUT2D eigenvalue weighted by Crippen LogP contribution is 2.33. The van der Waals surface area contributed by atoms with Gasteiger partial charge in [0.15, 0.2) is 0 Å². The van der Waals surface area contributed by atoms with Crippen molar-refractivity contribution in [3.63, 3.8) is 0 Å². The van der Waals surface area contributed by atoms with Gasteiger partial charge in [-0.05, 0) is 56.4 Å². The topological polar surface area (TPSA) is 59.0 Å². The van der Waals surface area contributed by atoms with E-state index in [0.29, 0.717) is 6.61 Å². The van der Waals surface area contributed by atoms with Crippen molar-refractivity contribution in [1.82, 2.24) is 0 Å². The van der Waals surface area contributed by atoms with Crippen LogP contribution in [0.25, 0.3) is 0 Å². The molecule has 6 heteroatoms. The van der Waals surface area contributed by atoms with Gasteiger partial charge in [-0.2, -0.15) is 0 Å². The summed E-state index contributed by atoms with van der Waals surface area (Å²) in [6.07, 6.45) is 0.151. The number of carbonyl (C=O) groups excluding carboxylic acids is 1. The number of hydrogen-bond acceptors (Lipinski definition) is 5. The normalized spacial score (nSPS) is 12.5. The molecule has 0 fully saturated rings. The van der Waals surface area contributed by atoms with Gasteiger partial charge in [0, 0.05) is 0 Å². The number of carbonyl (C=O) groups is 1. The summed E-state index contributed by atoms with van der Waals surface area (Å²) in [7, 11) is -1.95. The molecule has 1 unspecified atom stereocenters. The van der Waals surface area contributed by atoms with Crippen LogP contribution >= 0.6 is 0 Å². The van der Waals surface area contributed by atoms with Crippen LogP contribution in [0.5, 0.6) is 5.75 Å². The number of hydrogen-bond donors (Lipinski definition) is 1. The highest BCUT2D eigenvalue weighted by Gasteiger charge is 2.30. The van der Waals surface area contributed by atoms with Gasteiger partial charge in [0.1, 0.15) is 5.75 Å². The summed E-state index contributed by atoms with van der Waals surface area (Å²) in [5.74, 6) is -0.105. The van der Waals surface area contributed by atoms with E-state index in [4.69, 9.17) is 9.26 Å². The molecule has 0 aliphatic rings. The Kier molecular flexibility index (Phi) is 6.82. The summed E-state index contributed by atoms with van der Waals surface area (Å²) in [5.41, 5.74) is 1.75. The zero-order chi connectivity index (χ0) is 19.2. The first kappa shape index (κ1) is 20.0. The smallest absolute Gasteiger partial charge is 0.308 e. The molecular weight excluding hydrogens is 346 g/mol. The molecule has 0 aliphatic carbocycles.